The summed E-state index contributed by atoms with van der Waals surface area (Å²) in [5, 5.41) is 2.99. The largest absolute Gasteiger partial charge is 0.346 e. The predicted octanol–water partition coefficient (Wildman–Crippen LogP) is 2.06. The van der Waals surface area contributed by atoms with Crippen molar-refractivity contribution in [1.82, 2.24) is 14.6 Å². The van der Waals surface area contributed by atoms with Crippen LogP contribution >= 0.6 is 11.3 Å². The van der Waals surface area contributed by atoms with Crippen LogP contribution < -0.4 is 9.62 Å². The van der Waals surface area contributed by atoms with Crippen molar-refractivity contribution in [3.8, 4) is 0 Å². The number of carbonyl (C=O) groups is 2. The molecule has 1 aliphatic heterocycles. The Hall–Kier alpha value is -2.30. The van der Waals surface area contributed by atoms with E-state index in [1.807, 2.05) is 12.3 Å². The van der Waals surface area contributed by atoms with E-state index < -0.39 is 10.0 Å². The Morgan fingerprint density at radius 1 is 1.13 bits per heavy atom. The average Bonchev–Trinajstić information content (AvgIpc) is 2.99. The summed E-state index contributed by atoms with van der Waals surface area (Å²) in [6.07, 6.45) is 0.944. The number of hydrogen-bond acceptors (Lipinski definition) is 7. The van der Waals surface area contributed by atoms with Crippen LogP contribution in [0.4, 0.5) is 5.13 Å². The van der Waals surface area contributed by atoms with Gasteiger partial charge in [0.2, 0.25) is 15.9 Å². The fraction of sp³-hybridized carbons (Fsp3) is 0.450. The normalized spacial score (nSPS) is 15.1. The number of anilines is 1. The molecule has 1 amide bonds. The van der Waals surface area contributed by atoms with Gasteiger partial charge in [0, 0.05) is 50.1 Å². The van der Waals surface area contributed by atoms with Gasteiger partial charge in [-0.05, 0) is 32.4 Å². The number of benzene rings is 1. The number of aromatic nitrogens is 1. The molecule has 1 aromatic heterocycles. The first-order chi connectivity index (χ1) is 14.3. The zero-order valence-corrected chi connectivity index (χ0v) is 18.8. The van der Waals surface area contributed by atoms with Crippen LogP contribution in [-0.2, 0) is 14.8 Å². The molecule has 30 heavy (non-hydrogen) atoms. The summed E-state index contributed by atoms with van der Waals surface area (Å²) in [6.45, 7) is 6.23. The number of ketones is 1. The van der Waals surface area contributed by atoms with Crippen LogP contribution in [-0.4, -0.2) is 62.7 Å². The molecule has 162 valence electrons. The fourth-order valence-corrected chi connectivity index (χ4v) is 5.14. The maximum atomic E-state index is 12.6. The SMILES string of the molecule is CC(=O)c1ccc(S(=O)(=O)NCCC(=O)N2CCCN(c3nc(C)cs3)CC2)cc1. The Morgan fingerprint density at radius 2 is 1.87 bits per heavy atom. The Kier molecular flexibility index (Phi) is 7.22. The van der Waals surface area contributed by atoms with E-state index in [0.29, 0.717) is 25.2 Å². The lowest BCUT2D eigenvalue weighted by atomic mass is 10.2. The van der Waals surface area contributed by atoms with E-state index in [9.17, 15) is 18.0 Å². The minimum absolute atomic E-state index is 0.0293. The molecular formula is C20H26N4O4S2. The maximum absolute atomic E-state index is 12.6. The van der Waals surface area contributed by atoms with E-state index in [1.165, 1.54) is 31.2 Å². The molecule has 2 heterocycles. The number of hydrogen-bond donors (Lipinski definition) is 1. The standard InChI is InChI=1S/C20H26N4O4S2/c1-15-14-29-20(22-15)24-11-3-10-23(12-13-24)19(26)8-9-21-30(27,28)18-6-4-17(5-7-18)16(2)25/h4-7,14,21H,3,8-13H2,1-2H3. The van der Waals surface area contributed by atoms with Gasteiger partial charge < -0.3 is 9.80 Å². The molecular weight excluding hydrogens is 424 g/mol. The number of Topliss-reactive ketones (excluding diaryl/α,β-unsaturated/α-hetero) is 1. The van der Waals surface area contributed by atoms with Crippen LogP contribution in [0.5, 0.6) is 0 Å². The molecule has 10 heteroatoms. The van der Waals surface area contributed by atoms with E-state index >= 15 is 0 Å². The molecule has 0 aliphatic carbocycles. The van der Waals surface area contributed by atoms with Crippen LogP contribution in [0.3, 0.4) is 0 Å². The third-order valence-electron chi connectivity index (χ3n) is 4.93. The maximum Gasteiger partial charge on any atom is 0.240 e. The number of nitrogens with zero attached hydrogens (tertiary/aromatic N) is 3. The first-order valence-corrected chi connectivity index (χ1v) is 12.2. The smallest absolute Gasteiger partial charge is 0.240 e. The molecule has 1 aromatic carbocycles. The van der Waals surface area contributed by atoms with Gasteiger partial charge in [0.05, 0.1) is 10.6 Å². The van der Waals surface area contributed by atoms with Gasteiger partial charge in [-0.15, -0.1) is 11.3 Å². The van der Waals surface area contributed by atoms with Crippen molar-refractivity contribution in [2.45, 2.75) is 31.6 Å². The quantitative estimate of drug-likeness (QED) is 0.648. The third kappa shape index (κ3) is 5.65. The number of nitrogens with one attached hydrogen (secondary N) is 1. The van der Waals surface area contributed by atoms with Crippen molar-refractivity contribution in [3.63, 3.8) is 0 Å². The second-order valence-electron chi connectivity index (χ2n) is 7.22. The molecule has 0 atom stereocenters. The summed E-state index contributed by atoms with van der Waals surface area (Å²) in [7, 11) is -3.73. The molecule has 1 N–H and O–H groups in total. The predicted molar refractivity (Wildman–Crippen MR) is 117 cm³/mol. The number of aryl methyl sites for hydroxylation is 1. The highest BCUT2D eigenvalue weighted by Crippen LogP contribution is 2.21. The van der Waals surface area contributed by atoms with Crippen LogP contribution in [0.15, 0.2) is 34.5 Å². The van der Waals surface area contributed by atoms with E-state index in [4.69, 9.17) is 0 Å². The Balaban J connectivity index is 1.49. The van der Waals surface area contributed by atoms with Crippen molar-refractivity contribution in [2.24, 2.45) is 0 Å². The average molecular weight is 451 g/mol. The van der Waals surface area contributed by atoms with Crippen molar-refractivity contribution in [2.75, 3.05) is 37.6 Å². The van der Waals surface area contributed by atoms with Gasteiger partial charge in [-0.25, -0.2) is 18.1 Å². The summed E-state index contributed by atoms with van der Waals surface area (Å²) in [4.78, 5) is 32.4. The summed E-state index contributed by atoms with van der Waals surface area (Å²) in [6, 6.07) is 5.75. The summed E-state index contributed by atoms with van der Waals surface area (Å²) >= 11 is 1.61. The topological polar surface area (TPSA) is 99.7 Å². The second-order valence-corrected chi connectivity index (χ2v) is 9.82. The van der Waals surface area contributed by atoms with E-state index in [-0.39, 0.29) is 29.6 Å². The highest BCUT2D eigenvalue weighted by molar-refractivity contribution is 7.89. The highest BCUT2D eigenvalue weighted by atomic mass is 32.2. The lowest BCUT2D eigenvalue weighted by Gasteiger charge is -2.21. The van der Waals surface area contributed by atoms with Crippen molar-refractivity contribution in [1.29, 1.82) is 0 Å². The molecule has 0 spiro atoms. The second kappa shape index (κ2) is 9.67. The fourth-order valence-electron chi connectivity index (χ4n) is 3.25. The lowest BCUT2D eigenvalue weighted by molar-refractivity contribution is -0.130. The molecule has 0 saturated carbocycles. The van der Waals surface area contributed by atoms with E-state index in [0.717, 1.165) is 23.8 Å². The lowest BCUT2D eigenvalue weighted by Crippen LogP contribution is -2.37. The van der Waals surface area contributed by atoms with Crippen LogP contribution in [0.2, 0.25) is 0 Å². The van der Waals surface area contributed by atoms with Gasteiger partial charge in [0.1, 0.15) is 0 Å². The van der Waals surface area contributed by atoms with Gasteiger partial charge in [0.15, 0.2) is 10.9 Å². The monoisotopic (exact) mass is 450 g/mol. The number of sulfonamides is 1. The number of amides is 1. The molecule has 0 radical (unpaired) electrons. The Labute approximate surface area is 181 Å². The molecule has 0 unspecified atom stereocenters. The number of thiazole rings is 1. The molecule has 0 bridgehead atoms. The highest BCUT2D eigenvalue weighted by Gasteiger charge is 2.21. The first-order valence-electron chi connectivity index (χ1n) is 9.82. The molecule has 3 rings (SSSR count). The molecule has 1 saturated heterocycles. The van der Waals surface area contributed by atoms with Gasteiger partial charge in [-0.1, -0.05) is 12.1 Å². The number of carbonyl (C=O) groups excluding carboxylic acids is 2. The van der Waals surface area contributed by atoms with Crippen LogP contribution in [0.1, 0.15) is 35.8 Å². The minimum atomic E-state index is -3.73. The van der Waals surface area contributed by atoms with Gasteiger partial charge >= 0.3 is 0 Å². The van der Waals surface area contributed by atoms with Crippen LogP contribution in [0, 0.1) is 6.92 Å². The molecule has 1 aliphatic rings. The number of rotatable bonds is 7. The third-order valence-corrected chi connectivity index (χ3v) is 7.42. The van der Waals surface area contributed by atoms with E-state index in [2.05, 4.69) is 14.6 Å². The van der Waals surface area contributed by atoms with Crippen molar-refractivity contribution in [3.05, 3.63) is 40.9 Å². The van der Waals surface area contributed by atoms with Gasteiger partial charge in [0.25, 0.3) is 0 Å². The summed E-state index contributed by atoms with van der Waals surface area (Å²) in [5.41, 5.74) is 1.45. The molecule has 2 aromatic rings. The first kappa shape index (κ1) is 22.4. The van der Waals surface area contributed by atoms with E-state index in [1.54, 1.807) is 16.2 Å². The Bertz CT molecular complexity index is 1000. The Morgan fingerprint density at radius 3 is 2.50 bits per heavy atom. The van der Waals surface area contributed by atoms with Crippen LogP contribution in [0.25, 0.3) is 0 Å². The van der Waals surface area contributed by atoms with Crippen molar-refractivity contribution >= 4 is 38.2 Å². The summed E-state index contributed by atoms with van der Waals surface area (Å²) < 4.78 is 27.3. The molecule has 8 nitrogen and oxygen atoms in total. The van der Waals surface area contributed by atoms with Crippen molar-refractivity contribution < 1.29 is 18.0 Å². The molecule has 1 fully saturated rings. The zero-order valence-electron chi connectivity index (χ0n) is 17.1. The summed E-state index contributed by atoms with van der Waals surface area (Å²) in [5.74, 6) is -0.194. The minimum Gasteiger partial charge on any atom is -0.346 e. The zero-order chi connectivity index (χ0) is 21.7. The van der Waals surface area contributed by atoms with Gasteiger partial charge in [-0.2, -0.15) is 0 Å². The van der Waals surface area contributed by atoms with Gasteiger partial charge in [-0.3, -0.25) is 9.59 Å².